The Morgan fingerprint density at radius 2 is 2.04 bits per heavy atom. The Morgan fingerprint density at radius 1 is 1.22 bits per heavy atom. The summed E-state index contributed by atoms with van der Waals surface area (Å²) < 4.78 is 1.91. The number of hydrazone groups is 1. The van der Waals surface area contributed by atoms with E-state index in [4.69, 9.17) is 5.10 Å². The summed E-state index contributed by atoms with van der Waals surface area (Å²) in [4.78, 5) is 11.8. The third-order valence-electron chi connectivity index (χ3n) is 4.60. The van der Waals surface area contributed by atoms with E-state index in [-0.39, 0.29) is 11.8 Å². The van der Waals surface area contributed by atoms with Crippen molar-refractivity contribution in [3.05, 3.63) is 77.5 Å². The minimum Gasteiger partial charge on any atom is -0.273 e. The number of carbonyl (C=O) groups excluding carboxylic acids is 1. The molecule has 27 heavy (non-hydrogen) atoms. The first-order valence-electron chi connectivity index (χ1n) is 9.20. The molecule has 136 valence electrons. The maximum Gasteiger partial charge on any atom is 0.243 e. The zero-order valence-electron chi connectivity index (χ0n) is 15.3. The van der Waals surface area contributed by atoms with Crippen molar-refractivity contribution in [3.8, 4) is 11.3 Å². The zero-order valence-corrected chi connectivity index (χ0v) is 15.3. The Hall–Kier alpha value is -3.21. The lowest BCUT2D eigenvalue weighted by Gasteiger charge is -2.02. The normalized spacial score (nSPS) is 13.8. The van der Waals surface area contributed by atoms with Gasteiger partial charge in [-0.3, -0.25) is 9.48 Å². The van der Waals surface area contributed by atoms with E-state index in [0.717, 1.165) is 29.7 Å². The Morgan fingerprint density at radius 3 is 2.78 bits per heavy atom. The molecule has 1 N–H and O–H groups in total. The molecule has 1 aliphatic rings. The predicted octanol–water partition coefficient (Wildman–Crippen LogP) is 3.77. The molecule has 0 atom stereocenters. The summed E-state index contributed by atoms with van der Waals surface area (Å²) in [5, 5.41) is 8.93. The number of aryl methyl sites for hydroxylation is 1. The van der Waals surface area contributed by atoms with Gasteiger partial charge in [-0.1, -0.05) is 54.1 Å². The van der Waals surface area contributed by atoms with Crippen molar-refractivity contribution in [2.75, 3.05) is 0 Å². The van der Waals surface area contributed by atoms with Gasteiger partial charge < -0.3 is 0 Å². The molecule has 3 aromatic rings. The monoisotopic (exact) mass is 358 g/mol. The zero-order chi connectivity index (χ0) is 18.6. The maximum absolute atomic E-state index is 11.8. The summed E-state index contributed by atoms with van der Waals surface area (Å²) in [6.45, 7) is 2.75. The number of carbonyl (C=O) groups is 1. The minimum absolute atomic E-state index is 0.0000305. The van der Waals surface area contributed by atoms with Crippen molar-refractivity contribution in [1.29, 1.82) is 0 Å². The second-order valence-corrected chi connectivity index (χ2v) is 6.99. The molecule has 0 spiro atoms. The largest absolute Gasteiger partial charge is 0.273 e. The van der Waals surface area contributed by atoms with Crippen LogP contribution in [0.5, 0.6) is 0 Å². The van der Waals surface area contributed by atoms with E-state index in [0.29, 0.717) is 6.54 Å². The summed E-state index contributed by atoms with van der Waals surface area (Å²) >= 11 is 0. The van der Waals surface area contributed by atoms with Crippen molar-refractivity contribution < 1.29 is 4.79 Å². The van der Waals surface area contributed by atoms with E-state index in [1.54, 1.807) is 6.21 Å². The van der Waals surface area contributed by atoms with Gasteiger partial charge in [0, 0.05) is 23.2 Å². The molecule has 0 unspecified atom stereocenters. The number of aromatic nitrogens is 2. The van der Waals surface area contributed by atoms with Gasteiger partial charge in [-0.25, -0.2) is 5.43 Å². The van der Waals surface area contributed by atoms with Gasteiger partial charge in [-0.2, -0.15) is 10.2 Å². The highest BCUT2D eigenvalue weighted by atomic mass is 16.2. The lowest BCUT2D eigenvalue weighted by atomic mass is 10.1. The quantitative estimate of drug-likeness (QED) is 0.539. The average Bonchev–Trinajstić information content (AvgIpc) is 3.45. The van der Waals surface area contributed by atoms with Crippen molar-refractivity contribution >= 4 is 12.1 Å². The summed E-state index contributed by atoms with van der Waals surface area (Å²) in [7, 11) is 0. The topological polar surface area (TPSA) is 59.3 Å². The number of rotatable bonds is 6. The number of benzene rings is 2. The Balaban J connectivity index is 1.62. The van der Waals surface area contributed by atoms with E-state index in [1.807, 2.05) is 41.2 Å². The molecule has 1 aliphatic carbocycles. The molecule has 1 heterocycles. The van der Waals surface area contributed by atoms with Crippen molar-refractivity contribution in [2.24, 2.45) is 11.0 Å². The molecule has 1 aromatic heterocycles. The number of nitrogens with zero attached hydrogens (tertiary/aromatic N) is 3. The van der Waals surface area contributed by atoms with Crippen LogP contribution in [0.15, 0.2) is 65.9 Å². The van der Waals surface area contributed by atoms with Crippen LogP contribution in [0.2, 0.25) is 0 Å². The molecule has 2 aromatic carbocycles. The summed E-state index contributed by atoms with van der Waals surface area (Å²) in [5.74, 6) is 0.138. The SMILES string of the molecule is Cc1cccc(-c2nn(Cc3ccccc3)cc2/C=N\NC(=O)C2CC2)c1. The molecule has 0 aliphatic heterocycles. The molecular formula is C22H22N4O. The van der Waals surface area contributed by atoms with Crippen LogP contribution < -0.4 is 5.43 Å². The van der Waals surface area contributed by atoms with E-state index >= 15 is 0 Å². The van der Waals surface area contributed by atoms with E-state index < -0.39 is 0 Å². The average molecular weight is 358 g/mol. The molecular weight excluding hydrogens is 336 g/mol. The number of amides is 1. The summed E-state index contributed by atoms with van der Waals surface area (Å²) in [6.07, 6.45) is 5.58. The van der Waals surface area contributed by atoms with E-state index in [1.165, 1.54) is 11.1 Å². The first-order valence-corrected chi connectivity index (χ1v) is 9.20. The highest BCUT2D eigenvalue weighted by Crippen LogP contribution is 2.28. The standard InChI is InChI=1S/C22H22N4O/c1-16-6-5-9-19(12-16)21-20(13-23-24-22(27)18-10-11-18)15-26(25-21)14-17-7-3-2-4-8-17/h2-9,12-13,15,18H,10-11,14H2,1H3,(H,24,27)/b23-13-. The fraction of sp³-hybridized carbons (Fsp3) is 0.227. The fourth-order valence-corrected chi connectivity index (χ4v) is 3.00. The van der Waals surface area contributed by atoms with Gasteiger partial charge in [0.05, 0.1) is 12.8 Å². The van der Waals surface area contributed by atoms with Gasteiger partial charge in [-0.15, -0.1) is 0 Å². The number of nitrogens with one attached hydrogen (secondary N) is 1. The van der Waals surface area contributed by atoms with E-state index in [2.05, 4.69) is 41.7 Å². The Kier molecular flexibility index (Phi) is 4.83. The molecule has 5 heteroatoms. The van der Waals surface area contributed by atoms with Crippen LogP contribution in [-0.4, -0.2) is 21.9 Å². The van der Waals surface area contributed by atoms with Crippen molar-refractivity contribution in [1.82, 2.24) is 15.2 Å². The molecule has 1 amide bonds. The van der Waals surface area contributed by atoms with Crippen LogP contribution in [0.25, 0.3) is 11.3 Å². The molecule has 1 fully saturated rings. The van der Waals surface area contributed by atoms with Crippen molar-refractivity contribution in [2.45, 2.75) is 26.3 Å². The van der Waals surface area contributed by atoms with Gasteiger partial charge in [-0.05, 0) is 31.4 Å². The van der Waals surface area contributed by atoms with Gasteiger partial charge in [0.15, 0.2) is 0 Å². The highest BCUT2D eigenvalue weighted by molar-refractivity contribution is 5.90. The van der Waals surface area contributed by atoms with E-state index in [9.17, 15) is 4.79 Å². The van der Waals surface area contributed by atoms with Crippen LogP contribution in [0.4, 0.5) is 0 Å². The second-order valence-electron chi connectivity index (χ2n) is 6.99. The fourth-order valence-electron chi connectivity index (χ4n) is 3.00. The predicted molar refractivity (Wildman–Crippen MR) is 106 cm³/mol. The first kappa shape index (κ1) is 17.2. The number of hydrogen-bond acceptors (Lipinski definition) is 3. The summed E-state index contributed by atoms with van der Waals surface area (Å²) in [6, 6.07) is 18.5. The van der Waals surface area contributed by atoms with Crippen LogP contribution >= 0.6 is 0 Å². The minimum atomic E-state index is 0.0000305. The smallest absolute Gasteiger partial charge is 0.243 e. The third-order valence-corrected chi connectivity index (χ3v) is 4.60. The van der Waals surface area contributed by atoms with Gasteiger partial charge in [0.2, 0.25) is 5.91 Å². The molecule has 0 radical (unpaired) electrons. The summed E-state index contributed by atoms with van der Waals surface area (Å²) in [5.41, 5.74) is 7.77. The molecule has 0 bridgehead atoms. The molecule has 0 saturated heterocycles. The lowest BCUT2D eigenvalue weighted by Crippen LogP contribution is -2.18. The molecule has 4 rings (SSSR count). The number of hydrogen-bond donors (Lipinski definition) is 1. The third kappa shape index (κ3) is 4.31. The molecule has 5 nitrogen and oxygen atoms in total. The van der Waals surface area contributed by atoms with Crippen LogP contribution in [0.3, 0.4) is 0 Å². The van der Waals surface area contributed by atoms with Crippen LogP contribution in [0.1, 0.15) is 29.5 Å². The van der Waals surface area contributed by atoms with Gasteiger partial charge in [0.25, 0.3) is 0 Å². The Labute approximate surface area is 158 Å². The van der Waals surface area contributed by atoms with Gasteiger partial charge >= 0.3 is 0 Å². The highest BCUT2D eigenvalue weighted by Gasteiger charge is 2.29. The first-order chi connectivity index (χ1) is 13.2. The lowest BCUT2D eigenvalue weighted by molar-refractivity contribution is -0.122. The molecule has 1 saturated carbocycles. The van der Waals surface area contributed by atoms with Crippen molar-refractivity contribution in [3.63, 3.8) is 0 Å². The second kappa shape index (κ2) is 7.58. The van der Waals surface area contributed by atoms with Crippen LogP contribution in [-0.2, 0) is 11.3 Å². The van der Waals surface area contributed by atoms with Gasteiger partial charge in [0.1, 0.15) is 5.69 Å². The maximum atomic E-state index is 11.8. The Bertz CT molecular complexity index is 971. The van der Waals surface area contributed by atoms with Crippen LogP contribution in [0, 0.1) is 12.8 Å².